The van der Waals surface area contributed by atoms with E-state index >= 15 is 0 Å². The molecule has 16 heavy (non-hydrogen) atoms. The predicted molar refractivity (Wildman–Crippen MR) is 62.8 cm³/mol. The number of nitrogens with two attached hydrogens (primary N) is 1. The molecule has 1 fully saturated rings. The third kappa shape index (κ3) is 1.67. The van der Waals surface area contributed by atoms with Gasteiger partial charge in [-0.05, 0) is 12.8 Å². The summed E-state index contributed by atoms with van der Waals surface area (Å²) in [6.07, 6.45) is 6.43. The SMILES string of the molecule is Nc1nc(C2CCCCC2)nc2c1CNC2. The van der Waals surface area contributed by atoms with E-state index in [-0.39, 0.29) is 0 Å². The molecule has 0 bridgehead atoms. The summed E-state index contributed by atoms with van der Waals surface area (Å²) in [4.78, 5) is 9.18. The molecule has 4 heteroatoms. The fourth-order valence-electron chi connectivity index (χ4n) is 2.76. The molecule has 4 nitrogen and oxygen atoms in total. The Morgan fingerprint density at radius 2 is 1.88 bits per heavy atom. The Morgan fingerprint density at radius 1 is 1.06 bits per heavy atom. The smallest absolute Gasteiger partial charge is 0.134 e. The second-order valence-electron chi connectivity index (χ2n) is 4.83. The van der Waals surface area contributed by atoms with Crippen LogP contribution in [0.3, 0.4) is 0 Å². The maximum atomic E-state index is 5.99. The average molecular weight is 218 g/mol. The van der Waals surface area contributed by atoms with E-state index in [1.165, 1.54) is 32.1 Å². The number of hydrogen-bond donors (Lipinski definition) is 2. The van der Waals surface area contributed by atoms with Crippen LogP contribution in [0, 0.1) is 0 Å². The zero-order valence-corrected chi connectivity index (χ0v) is 9.50. The standard InChI is InChI=1S/C12H18N4/c13-11-9-6-14-7-10(9)15-12(16-11)8-4-2-1-3-5-8/h8,14H,1-7H2,(H2,13,15,16). The van der Waals surface area contributed by atoms with E-state index in [0.29, 0.717) is 11.7 Å². The molecule has 1 saturated carbocycles. The van der Waals surface area contributed by atoms with Gasteiger partial charge >= 0.3 is 0 Å². The first kappa shape index (κ1) is 10.0. The molecule has 2 aliphatic rings. The summed E-state index contributed by atoms with van der Waals surface area (Å²) in [7, 11) is 0. The summed E-state index contributed by atoms with van der Waals surface area (Å²) >= 11 is 0. The molecular formula is C12H18N4. The van der Waals surface area contributed by atoms with E-state index in [2.05, 4.69) is 15.3 Å². The van der Waals surface area contributed by atoms with Gasteiger partial charge in [-0.3, -0.25) is 0 Å². The fourth-order valence-corrected chi connectivity index (χ4v) is 2.76. The highest BCUT2D eigenvalue weighted by molar-refractivity contribution is 5.44. The van der Waals surface area contributed by atoms with E-state index in [1.54, 1.807) is 0 Å². The topological polar surface area (TPSA) is 63.8 Å². The molecule has 1 aromatic heterocycles. The lowest BCUT2D eigenvalue weighted by Crippen LogP contribution is -2.12. The lowest BCUT2D eigenvalue weighted by atomic mass is 9.88. The summed E-state index contributed by atoms with van der Waals surface area (Å²) < 4.78 is 0. The second-order valence-corrected chi connectivity index (χ2v) is 4.83. The largest absolute Gasteiger partial charge is 0.383 e. The van der Waals surface area contributed by atoms with Gasteiger partial charge in [0, 0.05) is 24.6 Å². The van der Waals surface area contributed by atoms with Crippen LogP contribution in [0.15, 0.2) is 0 Å². The van der Waals surface area contributed by atoms with Gasteiger partial charge in [-0.2, -0.15) is 0 Å². The molecule has 1 aliphatic heterocycles. The van der Waals surface area contributed by atoms with E-state index in [0.717, 1.165) is 30.2 Å². The van der Waals surface area contributed by atoms with Crippen LogP contribution in [0.2, 0.25) is 0 Å². The maximum absolute atomic E-state index is 5.99. The number of aromatic nitrogens is 2. The van der Waals surface area contributed by atoms with Crippen LogP contribution in [-0.4, -0.2) is 9.97 Å². The van der Waals surface area contributed by atoms with Gasteiger partial charge in [0.2, 0.25) is 0 Å². The van der Waals surface area contributed by atoms with Crippen molar-refractivity contribution in [1.29, 1.82) is 0 Å². The molecule has 3 N–H and O–H groups in total. The van der Waals surface area contributed by atoms with Crippen molar-refractivity contribution in [3.8, 4) is 0 Å². The van der Waals surface area contributed by atoms with Crippen molar-refractivity contribution < 1.29 is 0 Å². The molecule has 0 amide bonds. The number of fused-ring (bicyclic) bond motifs is 1. The van der Waals surface area contributed by atoms with Crippen LogP contribution in [0.25, 0.3) is 0 Å². The molecule has 0 saturated heterocycles. The molecular weight excluding hydrogens is 200 g/mol. The van der Waals surface area contributed by atoms with Gasteiger partial charge in [-0.15, -0.1) is 0 Å². The molecule has 2 heterocycles. The Bertz CT molecular complexity index is 396. The molecule has 0 unspecified atom stereocenters. The Morgan fingerprint density at radius 3 is 2.69 bits per heavy atom. The zero-order valence-electron chi connectivity index (χ0n) is 9.50. The summed E-state index contributed by atoms with van der Waals surface area (Å²) in [6, 6.07) is 0. The van der Waals surface area contributed by atoms with Crippen LogP contribution >= 0.6 is 0 Å². The lowest BCUT2D eigenvalue weighted by molar-refractivity contribution is 0.428. The Hall–Kier alpha value is -1.16. The van der Waals surface area contributed by atoms with Gasteiger partial charge in [0.1, 0.15) is 11.6 Å². The monoisotopic (exact) mass is 218 g/mol. The van der Waals surface area contributed by atoms with Crippen molar-refractivity contribution in [2.75, 3.05) is 5.73 Å². The zero-order chi connectivity index (χ0) is 11.0. The van der Waals surface area contributed by atoms with Crippen molar-refractivity contribution in [1.82, 2.24) is 15.3 Å². The van der Waals surface area contributed by atoms with Crippen LogP contribution in [0.1, 0.15) is 55.1 Å². The number of rotatable bonds is 1. The van der Waals surface area contributed by atoms with Gasteiger partial charge in [0.05, 0.1) is 5.69 Å². The Kier molecular flexibility index (Phi) is 2.52. The van der Waals surface area contributed by atoms with E-state index in [4.69, 9.17) is 5.73 Å². The first-order valence-corrected chi connectivity index (χ1v) is 6.20. The van der Waals surface area contributed by atoms with Crippen LogP contribution in [-0.2, 0) is 13.1 Å². The van der Waals surface area contributed by atoms with Crippen LogP contribution in [0.5, 0.6) is 0 Å². The molecule has 0 aromatic carbocycles. The number of nitrogens with zero attached hydrogens (tertiary/aromatic N) is 2. The van der Waals surface area contributed by atoms with Crippen molar-refractivity contribution in [2.24, 2.45) is 0 Å². The molecule has 0 radical (unpaired) electrons. The van der Waals surface area contributed by atoms with Gasteiger partial charge in [-0.1, -0.05) is 19.3 Å². The molecule has 0 atom stereocenters. The highest BCUT2D eigenvalue weighted by Gasteiger charge is 2.22. The van der Waals surface area contributed by atoms with Crippen molar-refractivity contribution in [3.05, 3.63) is 17.1 Å². The fraction of sp³-hybridized carbons (Fsp3) is 0.667. The molecule has 1 aliphatic carbocycles. The third-order valence-electron chi connectivity index (χ3n) is 3.71. The normalized spacial score (nSPS) is 21.0. The minimum absolute atomic E-state index is 0.543. The third-order valence-corrected chi connectivity index (χ3v) is 3.71. The van der Waals surface area contributed by atoms with Gasteiger partial charge in [0.25, 0.3) is 0 Å². The average Bonchev–Trinajstić information content (AvgIpc) is 2.79. The summed E-state index contributed by atoms with van der Waals surface area (Å²) in [5.74, 6) is 2.22. The molecule has 0 spiro atoms. The minimum Gasteiger partial charge on any atom is -0.383 e. The predicted octanol–water partition coefficient (Wildman–Crippen LogP) is 1.71. The van der Waals surface area contributed by atoms with Crippen molar-refractivity contribution >= 4 is 5.82 Å². The summed E-state index contributed by atoms with van der Waals surface area (Å²) in [6.45, 7) is 1.67. The van der Waals surface area contributed by atoms with Crippen LogP contribution in [0.4, 0.5) is 5.82 Å². The van der Waals surface area contributed by atoms with Gasteiger partial charge < -0.3 is 11.1 Å². The van der Waals surface area contributed by atoms with Gasteiger partial charge in [0.15, 0.2) is 0 Å². The van der Waals surface area contributed by atoms with Gasteiger partial charge in [-0.25, -0.2) is 9.97 Å². The van der Waals surface area contributed by atoms with Crippen molar-refractivity contribution in [3.63, 3.8) is 0 Å². The Balaban J connectivity index is 1.92. The maximum Gasteiger partial charge on any atom is 0.134 e. The number of nitrogens with one attached hydrogen (secondary N) is 1. The quantitative estimate of drug-likeness (QED) is 0.753. The summed E-state index contributed by atoms with van der Waals surface area (Å²) in [5.41, 5.74) is 8.22. The highest BCUT2D eigenvalue weighted by Crippen LogP contribution is 2.32. The minimum atomic E-state index is 0.543. The highest BCUT2D eigenvalue weighted by atomic mass is 15.0. The van der Waals surface area contributed by atoms with E-state index < -0.39 is 0 Å². The van der Waals surface area contributed by atoms with E-state index in [9.17, 15) is 0 Å². The number of nitrogen functional groups attached to an aromatic ring is 1. The van der Waals surface area contributed by atoms with Crippen LogP contribution < -0.4 is 11.1 Å². The van der Waals surface area contributed by atoms with Crippen molar-refractivity contribution in [2.45, 2.75) is 51.1 Å². The molecule has 3 rings (SSSR count). The molecule has 86 valence electrons. The first-order chi connectivity index (χ1) is 7.84. The number of anilines is 1. The first-order valence-electron chi connectivity index (χ1n) is 6.20. The van der Waals surface area contributed by atoms with E-state index in [1.807, 2.05) is 0 Å². The number of hydrogen-bond acceptors (Lipinski definition) is 4. The summed E-state index contributed by atoms with van der Waals surface area (Å²) in [5, 5.41) is 3.28. The lowest BCUT2D eigenvalue weighted by Gasteiger charge is -2.20. The molecule has 1 aromatic rings. The second kappa shape index (κ2) is 4.01. The Labute approximate surface area is 95.7 Å².